The van der Waals surface area contributed by atoms with Crippen molar-refractivity contribution < 1.29 is 18.8 Å². The second kappa shape index (κ2) is 14.1. The molecule has 9 rings (SSSR count). The molecule has 4 aliphatic heterocycles. The van der Waals surface area contributed by atoms with Crippen LogP contribution in [0, 0.1) is 5.92 Å². The summed E-state index contributed by atoms with van der Waals surface area (Å²) in [6.45, 7) is 8.61. The van der Waals surface area contributed by atoms with Crippen LogP contribution in [0.1, 0.15) is 54.8 Å². The molecule has 1 unspecified atom stereocenters. The van der Waals surface area contributed by atoms with E-state index in [1.54, 1.807) is 22.4 Å². The van der Waals surface area contributed by atoms with Crippen LogP contribution in [0.25, 0.3) is 33.6 Å². The molecule has 3 saturated heterocycles. The van der Waals surface area contributed by atoms with Gasteiger partial charge in [0.05, 0.1) is 28.0 Å². The van der Waals surface area contributed by atoms with Crippen molar-refractivity contribution in [1.29, 1.82) is 0 Å². The number of piperidine rings is 2. The molecular formula is C41H45N9O5. The lowest BCUT2D eigenvalue weighted by atomic mass is 9.95. The lowest BCUT2D eigenvalue weighted by Gasteiger charge is -2.39. The smallest absolute Gasteiger partial charge is 0.329 e. The standard InChI is InChI=1S/C41H45N9O5/c1-25-20-35-29(39(52)44-25)22-34(55-35)27-10-13-42-30(21-27)28-6-8-36(43-23-28)49-18-16-47(17-19-49)24-26-11-14-48(15-12-26)31-4-3-5-32-38(31)46(2)41(54)50(32)33-7-9-37(51)45-40(33)53/h3-6,8,10,13,21-23,25-26,33H,7,9,11-12,14-20,24H2,1-2H3,(H,44,52)(H,45,51,53)/t25-,33?/m1/s1. The van der Waals surface area contributed by atoms with Crippen molar-refractivity contribution in [2.24, 2.45) is 13.0 Å². The molecule has 4 aliphatic rings. The van der Waals surface area contributed by atoms with Crippen LogP contribution in [0.4, 0.5) is 11.5 Å². The molecule has 0 aliphatic carbocycles. The molecular weight excluding hydrogens is 699 g/mol. The topological polar surface area (TPSA) is 151 Å². The molecule has 0 spiro atoms. The van der Waals surface area contributed by atoms with E-state index in [0.717, 1.165) is 104 Å². The normalized spacial score (nSPS) is 21.2. The summed E-state index contributed by atoms with van der Waals surface area (Å²) in [4.78, 5) is 67.0. The molecule has 0 radical (unpaired) electrons. The van der Waals surface area contributed by atoms with Gasteiger partial charge in [0.1, 0.15) is 23.4 Å². The van der Waals surface area contributed by atoms with Crippen molar-refractivity contribution in [2.45, 2.75) is 51.1 Å². The average Bonchev–Trinajstić information content (AvgIpc) is 3.74. The Bertz CT molecular complexity index is 2350. The summed E-state index contributed by atoms with van der Waals surface area (Å²) in [5.41, 5.74) is 5.52. The van der Waals surface area contributed by atoms with Gasteiger partial charge in [-0.05, 0) is 74.6 Å². The molecule has 3 fully saturated rings. The lowest BCUT2D eigenvalue weighted by Crippen LogP contribution is -2.49. The van der Waals surface area contributed by atoms with E-state index in [1.165, 1.54) is 0 Å². The van der Waals surface area contributed by atoms with Gasteiger partial charge in [0.25, 0.3) is 5.91 Å². The number of piperazine rings is 1. The molecule has 284 valence electrons. The predicted molar refractivity (Wildman–Crippen MR) is 208 cm³/mol. The summed E-state index contributed by atoms with van der Waals surface area (Å²) in [5, 5.41) is 5.36. The van der Waals surface area contributed by atoms with Gasteiger partial charge in [0.2, 0.25) is 11.8 Å². The van der Waals surface area contributed by atoms with Crippen LogP contribution in [0.2, 0.25) is 0 Å². The number of imide groups is 1. The third kappa shape index (κ3) is 6.58. The number of nitrogens with one attached hydrogen (secondary N) is 2. The van der Waals surface area contributed by atoms with E-state index in [9.17, 15) is 19.2 Å². The number of hydrogen-bond acceptors (Lipinski definition) is 10. The second-order valence-corrected chi connectivity index (χ2v) is 15.4. The minimum absolute atomic E-state index is 0.0497. The number of aryl methyl sites for hydroxylation is 1. The number of fused-ring (bicyclic) bond motifs is 2. The highest BCUT2D eigenvalue weighted by molar-refractivity contribution is 6.00. The molecule has 0 saturated carbocycles. The van der Waals surface area contributed by atoms with Gasteiger partial charge in [-0.15, -0.1) is 0 Å². The summed E-state index contributed by atoms with van der Waals surface area (Å²) in [5.74, 6) is 2.13. The Morgan fingerprint density at radius 1 is 0.873 bits per heavy atom. The SMILES string of the molecule is C[C@@H]1Cc2oc(-c3ccnc(-c4ccc(N5CCN(CC6CCN(c7cccc8c7n(C)c(=O)n8C7CCC(=O)NC7=O)CC6)CC5)nc4)c3)cc2C(=O)N1. The van der Waals surface area contributed by atoms with Gasteiger partial charge in [0, 0.05) is 95.3 Å². The Morgan fingerprint density at radius 2 is 1.69 bits per heavy atom. The summed E-state index contributed by atoms with van der Waals surface area (Å²) in [6, 6.07) is 15.1. The molecule has 55 heavy (non-hydrogen) atoms. The lowest BCUT2D eigenvalue weighted by molar-refractivity contribution is -0.135. The number of carbonyl (C=O) groups is 3. The first-order valence-electron chi connectivity index (χ1n) is 19.3. The van der Waals surface area contributed by atoms with Crippen molar-refractivity contribution in [3.63, 3.8) is 0 Å². The van der Waals surface area contributed by atoms with E-state index in [1.807, 2.05) is 43.5 Å². The van der Waals surface area contributed by atoms with Gasteiger partial charge in [-0.2, -0.15) is 0 Å². The van der Waals surface area contributed by atoms with E-state index in [2.05, 4.69) is 48.5 Å². The van der Waals surface area contributed by atoms with Crippen molar-refractivity contribution in [3.05, 3.63) is 82.7 Å². The molecule has 2 atom stereocenters. The van der Waals surface area contributed by atoms with Gasteiger partial charge >= 0.3 is 5.69 Å². The highest BCUT2D eigenvalue weighted by Gasteiger charge is 2.33. The van der Waals surface area contributed by atoms with E-state index in [0.29, 0.717) is 30.1 Å². The van der Waals surface area contributed by atoms with Crippen LogP contribution in [0.5, 0.6) is 0 Å². The number of para-hydroxylation sites is 1. The highest BCUT2D eigenvalue weighted by atomic mass is 16.3. The minimum atomic E-state index is -0.692. The van der Waals surface area contributed by atoms with Crippen LogP contribution in [-0.4, -0.2) is 93.6 Å². The first kappa shape index (κ1) is 35.0. The number of amides is 3. The number of imidazole rings is 1. The van der Waals surface area contributed by atoms with Crippen molar-refractivity contribution in [2.75, 3.05) is 55.6 Å². The third-order valence-corrected chi connectivity index (χ3v) is 11.8. The Hall–Kier alpha value is -5.76. The summed E-state index contributed by atoms with van der Waals surface area (Å²) in [6.07, 6.45) is 6.99. The fourth-order valence-corrected chi connectivity index (χ4v) is 8.80. The maximum Gasteiger partial charge on any atom is 0.329 e. The first-order chi connectivity index (χ1) is 26.7. The van der Waals surface area contributed by atoms with E-state index >= 15 is 0 Å². The fourth-order valence-electron chi connectivity index (χ4n) is 8.80. The minimum Gasteiger partial charge on any atom is -0.460 e. The zero-order valence-corrected chi connectivity index (χ0v) is 31.2. The molecule has 2 N–H and O–H groups in total. The zero-order chi connectivity index (χ0) is 37.8. The molecule has 14 nitrogen and oxygen atoms in total. The average molecular weight is 744 g/mol. The molecule has 14 heteroatoms. The number of benzene rings is 1. The number of carbonyl (C=O) groups excluding carboxylic acids is 3. The fraction of sp³-hybridized carbons (Fsp3) is 0.415. The van der Waals surface area contributed by atoms with Gasteiger partial charge in [-0.25, -0.2) is 9.78 Å². The number of rotatable bonds is 7. The maximum atomic E-state index is 13.4. The van der Waals surface area contributed by atoms with Crippen LogP contribution in [-0.2, 0) is 23.1 Å². The number of pyridine rings is 2. The van der Waals surface area contributed by atoms with Gasteiger partial charge in [0.15, 0.2) is 0 Å². The Morgan fingerprint density at radius 3 is 2.45 bits per heavy atom. The second-order valence-electron chi connectivity index (χ2n) is 15.4. The van der Waals surface area contributed by atoms with Crippen molar-refractivity contribution in [3.8, 4) is 22.6 Å². The molecule has 3 amide bonds. The molecule has 0 bridgehead atoms. The Balaban J connectivity index is 0.793. The predicted octanol–water partition coefficient (Wildman–Crippen LogP) is 3.75. The monoisotopic (exact) mass is 743 g/mol. The summed E-state index contributed by atoms with van der Waals surface area (Å²) >= 11 is 0. The number of hydrogen-bond donors (Lipinski definition) is 2. The first-order valence-corrected chi connectivity index (χ1v) is 19.3. The van der Waals surface area contributed by atoms with E-state index in [-0.39, 0.29) is 30.0 Å². The highest BCUT2D eigenvalue weighted by Crippen LogP contribution is 2.34. The molecule has 5 aromatic rings. The molecule has 8 heterocycles. The number of nitrogens with zero attached hydrogens (tertiary/aromatic N) is 7. The van der Waals surface area contributed by atoms with E-state index in [4.69, 9.17) is 9.40 Å². The van der Waals surface area contributed by atoms with Gasteiger partial charge < -0.3 is 19.5 Å². The van der Waals surface area contributed by atoms with Crippen LogP contribution in [0.3, 0.4) is 0 Å². The molecule has 4 aromatic heterocycles. The summed E-state index contributed by atoms with van der Waals surface area (Å²) < 4.78 is 9.31. The largest absolute Gasteiger partial charge is 0.460 e. The number of anilines is 2. The maximum absolute atomic E-state index is 13.4. The molecule has 1 aromatic carbocycles. The van der Waals surface area contributed by atoms with Crippen molar-refractivity contribution in [1.82, 2.24) is 34.6 Å². The summed E-state index contributed by atoms with van der Waals surface area (Å²) in [7, 11) is 1.76. The van der Waals surface area contributed by atoms with Crippen LogP contribution in [0.15, 0.2) is 70.1 Å². The number of furan rings is 1. The Kier molecular flexibility index (Phi) is 8.99. The van der Waals surface area contributed by atoms with E-state index < -0.39 is 11.9 Å². The number of aromatic nitrogens is 4. The van der Waals surface area contributed by atoms with Crippen LogP contribution < -0.4 is 26.1 Å². The van der Waals surface area contributed by atoms with Crippen molar-refractivity contribution >= 4 is 40.3 Å². The third-order valence-electron chi connectivity index (χ3n) is 11.8. The Labute approximate surface area is 318 Å². The quantitative estimate of drug-likeness (QED) is 0.236. The van der Waals surface area contributed by atoms with Gasteiger partial charge in [-0.1, -0.05) is 6.07 Å². The van der Waals surface area contributed by atoms with Crippen LogP contribution >= 0.6 is 0 Å². The van der Waals surface area contributed by atoms with Gasteiger partial charge in [-0.3, -0.25) is 38.7 Å². The zero-order valence-electron chi connectivity index (χ0n) is 31.2.